The summed E-state index contributed by atoms with van der Waals surface area (Å²) >= 11 is 5.30. The van der Waals surface area contributed by atoms with Crippen LogP contribution < -0.4 is 5.73 Å². The minimum Gasteiger partial charge on any atom is -0.393 e. The van der Waals surface area contributed by atoms with Crippen LogP contribution in [0, 0.1) is 6.92 Å². The van der Waals surface area contributed by atoms with E-state index < -0.39 is 0 Å². The van der Waals surface area contributed by atoms with Gasteiger partial charge in [0, 0.05) is 17.2 Å². The van der Waals surface area contributed by atoms with Crippen LogP contribution in [-0.2, 0) is 0 Å². The van der Waals surface area contributed by atoms with E-state index in [9.17, 15) is 0 Å². The van der Waals surface area contributed by atoms with Gasteiger partial charge in [-0.15, -0.1) is 0 Å². The van der Waals surface area contributed by atoms with Crippen molar-refractivity contribution in [2.75, 3.05) is 0 Å². The summed E-state index contributed by atoms with van der Waals surface area (Å²) in [6, 6.07) is 20.9. The van der Waals surface area contributed by atoms with Crippen molar-refractivity contribution >= 4 is 33.6 Å². The Balaban J connectivity index is 2.04. The highest BCUT2D eigenvalue weighted by atomic mass is 32.1. The molecular weight excluding hydrogens is 326 g/mol. The van der Waals surface area contributed by atoms with Gasteiger partial charge in [0.05, 0.1) is 16.4 Å². The number of nitrogens with two attached hydrogens (primary N) is 1. The van der Waals surface area contributed by atoms with Gasteiger partial charge in [0.25, 0.3) is 0 Å². The van der Waals surface area contributed by atoms with E-state index in [4.69, 9.17) is 22.9 Å². The molecule has 25 heavy (non-hydrogen) atoms. The summed E-state index contributed by atoms with van der Waals surface area (Å²) in [4.78, 5) is 5.38. The van der Waals surface area contributed by atoms with E-state index in [1.807, 2.05) is 19.1 Å². The molecule has 0 saturated carbocycles. The molecule has 124 valence electrons. The number of hydrogen-bond donors (Lipinski definition) is 1. The molecule has 0 fully saturated rings. The average molecular weight is 345 g/mol. The summed E-state index contributed by atoms with van der Waals surface area (Å²) in [6.45, 7) is 4.12. The van der Waals surface area contributed by atoms with Crippen LogP contribution in [0.3, 0.4) is 0 Å². The molecule has 0 aliphatic heterocycles. The van der Waals surface area contributed by atoms with Gasteiger partial charge in [0.15, 0.2) is 0 Å². The highest BCUT2D eigenvalue weighted by molar-refractivity contribution is 7.80. The van der Waals surface area contributed by atoms with Crippen molar-refractivity contribution in [1.82, 2.24) is 9.38 Å². The molecule has 1 unspecified atom stereocenters. The minimum absolute atomic E-state index is 0.0624. The monoisotopic (exact) mass is 345 g/mol. The van der Waals surface area contributed by atoms with Gasteiger partial charge in [-0.25, -0.2) is 4.98 Å². The molecule has 0 saturated heterocycles. The van der Waals surface area contributed by atoms with Crippen LogP contribution in [0.25, 0.3) is 27.7 Å². The van der Waals surface area contributed by atoms with Crippen molar-refractivity contribution < 1.29 is 0 Å². The quantitative estimate of drug-likeness (QED) is 0.540. The molecule has 4 aromatic rings. The number of nitrogens with zero attached hydrogens (tertiary/aromatic N) is 2. The number of fused-ring (bicyclic) bond motifs is 2. The number of thiocarbonyl (C=S) groups is 1. The summed E-state index contributed by atoms with van der Waals surface area (Å²) in [7, 11) is 0. The number of rotatable bonds is 3. The number of imidazole rings is 1. The zero-order chi connectivity index (χ0) is 17.6. The predicted octanol–water partition coefficient (Wildman–Crippen LogP) is 4.85. The van der Waals surface area contributed by atoms with Gasteiger partial charge in [-0.2, -0.15) is 0 Å². The fourth-order valence-electron chi connectivity index (χ4n) is 3.36. The molecule has 3 nitrogen and oxygen atoms in total. The molecule has 4 rings (SSSR count). The standard InChI is InChI=1S/C21H19N3S/c1-13-6-5-9-18-23-19(20(24(13)18)14(2)21(22)25)17-11-10-15-7-3-4-8-16(15)12-17/h3-12,14H,1-2H3,(H2,22,25). The van der Waals surface area contributed by atoms with Gasteiger partial charge in [0.2, 0.25) is 0 Å². The van der Waals surface area contributed by atoms with E-state index in [-0.39, 0.29) is 5.92 Å². The summed E-state index contributed by atoms with van der Waals surface area (Å²) < 4.78 is 2.16. The summed E-state index contributed by atoms with van der Waals surface area (Å²) in [5, 5.41) is 2.41. The van der Waals surface area contributed by atoms with Crippen LogP contribution in [0.2, 0.25) is 0 Å². The fraction of sp³-hybridized carbons (Fsp3) is 0.143. The van der Waals surface area contributed by atoms with Gasteiger partial charge in [0.1, 0.15) is 5.65 Å². The second-order valence-electron chi connectivity index (χ2n) is 6.39. The van der Waals surface area contributed by atoms with Gasteiger partial charge < -0.3 is 5.73 Å². The maximum atomic E-state index is 6.00. The summed E-state index contributed by atoms with van der Waals surface area (Å²) in [6.07, 6.45) is 0. The third-order valence-electron chi connectivity index (χ3n) is 4.73. The number of benzene rings is 2. The number of pyridine rings is 1. The Bertz CT molecular complexity index is 1110. The first-order valence-corrected chi connectivity index (χ1v) is 8.73. The minimum atomic E-state index is -0.0624. The van der Waals surface area contributed by atoms with Crippen molar-refractivity contribution in [3.8, 4) is 11.3 Å². The molecule has 0 radical (unpaired) electrons. The number of aryl methyl sites for hydroxylation is 1. The van der Waals surface area contributed by atoms with Crippen LogP contribution in [0.15, 0.2) is 60.7 Å². The van der Waals surface area contributed by atoms with Crippen LogP contribution >= 0.6 is 12.2 Å². The molecule has 2 aromatic carbocycles. The topological polar surface area (TPSA) is 43.3 Å². The van der Waals surface area contributed by atoms with Gasteiger partial charge in [-0.05, 0) is 35.9 Å². The van der Waals surface area contributed by atoms with Gasteiger partial charge in [-0.1, -0.05) is 61.6 Å². The Hall–Kier alpha value is -2.72. The Kier molecular flexibility index (Phi) is 3.77. The number of aromatic nitrogens is 2. The Morgan fingerprint density at radius 3 is 2.56 bits per heavy atom. The smallest absolute Gasteiger partial charge is 0.137 e. The molecule has 0 spiro atoms. The van der Waals surface area contributed by atoms with Crippen molar-refractivity contribution in [2.24, 2.45) is 5.73 Å². The first-order chi connectivity index (χ1) is 12.1. The van der Waals surface area contributed by atoms with E-state index >= 15 is 0 Å². The second kappa shape index (κ2) is 5.97. The van der Waals surface area contributed by atoms with Crippen LogP contribution in [0.5, 0.6) is 0 Å². The van der Waals surface area contributed by atoms with Crippen LogP contribution in [0.4, 0.5) is 0 Å². The third kappa shape index (κ3) is 2.59. The Morgan fingerprint density at radius 1 is 1.04 bits per heavy atom. The molecule has 0 aliphatic rings. The molecule has 2 heterocycles. The molecule has 0 aliphatic carbocycles. The van der Waals surface area contributed by atoms with Crippen molar-refractivity contribution in [3.63, 3.8) is 0 Å². The Labute approximate surface area is 152 Å². The molecule has 0 bridgehead atoms. The first kappa shape index (κ1) is 15.8. The van der Waals surface area contributed by atoms with Crippen molar-refractivity contribution in [1.29, 1.82) is 0 Å². The zero-order valence-corrected chi connectivity index (χ0v) is 15.0. The second-order valence-corrected chi connectivity index (χ2v) is 6.86. The van der Waals surface area contributed by atoms with Gasteiger partial charge >= 0.3 is 0 Å². The SMILES string of the molecule is Cc1cccc2nc(-c3ccc4ccccc4c3)c(C(C)C(N)=S)n12. The summed E-state index contributed by atoms with van der Waals surface area (Å²) in [5.74, 6) is -0.0624. The van der Waals surface area contributed by atoms with E-state index in [1.54, 1.807) is 0 Å². The maximum absolute atomic E-state index is 6.00. The normalized spacial score (nSPS) is 12.6. The average Bonchev–Trinajstić information content (AvgIpc) is 3.01. The molecule has 2 N–H and O–H groups in total. The van der Waals surface area contributed by atoms with Crippen LogP contribution in [0.1, 0.15) is 24.2 Å². The lowest BCUT2D eigenvalue weighted by molar-refractivity contribution is 0.908. The largest absolute Gasteiger partial charge is 0.393 e. The van der Waals surface area contributed by atoms with Crippen molar-refractivity contribution in [2.45, 2.75) is 19.8 Å². The lowest BCUT2D eigenvalue weighted by atomic mass is 9.99. The third-order valence-corrected chi connectivity index (χ3v) is 5.09. The fourth-order valence-corrected chi connectivity index (χ4v) is 3.48. The van der Waals surface area contributed by atoms with E-state index in [1.165, 1.54) is 10.8 Å². The lowest BCUT2D eigenvalue weighted by Gasteiger charge is -2.14. The van der Waals surface area contributed by atoms with E-state index in [0.29, 0.717) is 4.99 Å². The molecule has 1 atom stereocenters. The molecule has 2 aromatic heterocycles. The highest BCUT2D eigenvalue weighted by Gasteiger charge is 2.22. The summed E-state index contributed by atoms with van der Waals surface area (Å²) in [5.41, 5.74) is 11.1. The van der Waals surface area contributed by atoms with Crippen LogP contribution in [-0.4, -0.2) is 14.4 Å². The molecule has 4 heteroatoms. The lowest BCUT2D eigenvalue weighted by Crippen LogP contribution is -2.19. The maximum Gasteiger partial charge on any atom is 0.137 e. The van der Waals surface area contributed by atoms with E-state index in [2.05, 4.69) is 59.9 Å². The first-order valence-electron chi connectivity index (χ1n) is 8.32. The van der Waals surface area contributed by atoms with E-state index in [0.717, 1.165) is 28.3 Å². The highest BCUT2D eigenvalue weighted by Crippen LogP contribution is 2.32. The molecular formula is C21H19N3S. The Morgan fingerprint density at radius 2 is 1.80 bits per heavy atom. The molecule has 0 amide bonds. The predicted molar refractivity (Wildman–Crippen MR) is 108 cm³/mol. The van der Waals surface area contributed by atoms with Crippen molar-refractivity contribution in [3.05, 3.63) is 72.1 Å². The zero-order valence-electron chi connectivity index (χ0n) is 14.2. The van der Waals surface area contributed by atoms with Gasteiger partial charge in [-0.3, -0.25) is 4.40 Å². The number of hydrogen-bond acceptors (Lipinski definition) is 2.